The summed E-state index contributed by atoms with van der Waals surface area (Å²) in [5.74, 6) is -0.116. The van der Waals surface area contributed by atoms with Crippen LogP contribution in [0.2, 0.25) is 0 Å². The molecule has 1 rings (SSSR count). The standard InChI is InChI=1S/C11H12N2O3/c1-15-10-4-7(5-12)9(11(14)16-2)3-8(10)6-13/h3-4H,5,12H2,1-2H3. The molecule has 0 bridgehead atoms. The number of nitriles is 1. The van der Waals surface area contributed by atoms with Gasteiger partial charge in [-0.25, -0.2) is 4.79 Å². The molecule has 2 N–H and O–H groups in total. The van der Waals surface area contributed by atoms with Gasteiger partial charge in [-0.2, -0.15) is 5.26 Å². The average Bonchev–Trinajstić information content (AvgIpc) is 2.35. The Balaban J connectivity index is 3.38. The summed E-state index contributed by atoms with van der Waals surface area (Å²) >= 11 is 0. The number of nitrogens with zero attached hydrogens (tertiary/aromatic N) is 1. The molecule has 0 aliphatic rings. The van der Waals surface area contributed by atoms with Crippen LogP contribution in [0.5, 0.6) is 5.75 Å². The zero-order chi connectivity index (χ0) is 12.1. The fourth-order valence-electron chi connectivity index (χ4n) is 1.35. The van der Waals surface area contributed by atoms with E-state index in [4.69, 9.17) is 15.7 Å². The maximum Gasteiger partial charge on any atom is 0.338 e. The van der Waals surface area contributed by atoms with Crippen LogP contribution in [0.4, 0.5) is 0 Å². The Morgan fingerprint density at radius 2 is 2.19 bits per heavy atom. The van der Waals surface area contributed by atoms with E-state index in [1.54, 1.807) is 6.07 Å². The van der Waals surface area contributed by atoms with Gasteiger partial charge in [0.2, 0.25) is 0 Å². The van der Waals surface area contributed by atoms with E-state index in [0.29, 0.717) is 16.9 Å². The summed E-state index contributed by atoms with van der Waals surface area (Å²) in [4.78, 5) is 11.4. The number of ether oxygens (including phenoxy) is 2. The summed E-state index contributed by atoms with van der Waals surface area (Å²) in [6.07, 6.45) is 0. The van der Waals surface area contributed by atoms with E-state index < -0.39 is 5.97 Å². The Morgan fingerprint density at radius 3 is 2.62 bits per heavy atom. The van der Waals surface area contributed by atoms with E-state index in [2.05, 4.69) is 4.74 Å². The van der Waals surface area contributed by atoms with Gasteiger partial charge in [0, 0.05) is 6.54 Å². The molecule has 0 aromatic heterocycles. The topological polar surface area (TPSA) is 85.3 Å². The van der Waals surface area contributed by atoms with Gasteiger partial charge in [-0.05, 0) is 17.7 Å². The first kappa shape index (κ1) is 12.0. The van der Waals surface area contributed by atoms with Crippen LogP contribution in [-0.2, 0) is 11.3 Å². The van der Waals surface area contributed by atoms with Crippen LogP contribution in [0.3, 0.4) is 0 Å². The zero-order valence-electron chi connectivity index (χ0n) is 9.11. The van der Waals surface area contributed by atoms with Gasteiger partial charge in [0.25, 0.3) is 0 Å². The second-order valence-electron chi connectivity index (χ2n) is 3.02. The second-order valence-corrected chi connectivity index (χ2v) is 3.02. The number of hydrogen-bond donors (Lipinski definition) is 1. The average molecular weight is 220 g/mol. The Kier molecular flexibility index (Phi) is 3.86. The van der Waals surface area contributed by atoms with Crippen molar-refractivity contribution in [1.82, 2.24) is 0 Å². The first-order valence-corrected chi connectivity index (χ1v) is 4.57. The number of carbonyl (C=O) groups excluding carboxylic acids is 1. The molecule has 0 atom stereocenters. The molecule has 1 aromatic carbocycles. The SMILES string of the molecule is COC(=O)c1cc(C#N)c(OC)cc1CN. The van der Waals surface area contributed by atoms with E-state index in [-0.39, 0.29) is 12.1 Å². The second kappa shape index (κ2) is 5.14. The minimum atomic E-state index is -0.514. The third-order valence-electron chi connectivity index (χ3n) is 2.17. The molecule has 0 spiro atoms. The fourth-order valence-corrected chi connectivity index (χ4v) is 1.35. The maximum atomic E-state index is 11.4. The number of hydrogen-bond acceptors (Lipinski definition) is 5. The van der Waals surface area contributed by atoms with Gasteiger partial charge < -0.3 is 15.2 Å². The number of benzene rings is 1. The number of esters is 1. The van der Waals surface area contributed by atoms with Crippen molar-refractivity contribution in [2.24, 2.45) is 5.73 Å². The van der Waals surface area contributed by atoms with Gasteiger partial charge in [0.1, 0.15) is 11.8 Å². The molecule has 5 nitrogen and oxygen atoms in total. The lowest BCUT2D eigenvalue weighted by molar-refractivity contribution is 0.0599. The summed E-state index contributed by atoms with van der Waals surface area (Å²) in [5.41, 5.74) is 6.67. The summed E-state index contributed by atoms with van der Waals surface area (Å²) in [6, 6.07) is 4.94. The third kappa shape index (κ3) is 2.12. The minimum absolute atomic E-state index is 0.173. The summed E-state index contributed by atoms with van der Waals surface area (Å²) in [6.45, 7) is 0.173. The molecule has 0 aliphatic heterocycles. The van der Waals surface area contributed by atoms with Gasteiger partial charge in [-0.15, -0.1) is 0 Å². The molecule has 5 heteroatoms. The molecule has 0 heterocycles. The molecule has 0 saturated heterocycles. The largest absolute Gasteiger partial charge is 0.495 e. The van der Waals surface area contributed by atoms with Crippen molar-refractivity contribution < 1.29 is 14.3 Å². The highest BCUT2D eigenvalue weighted by atomic mass is 16.5. The first-order chi connectivity index (χ1) is 7.67. The Hall–Kier alpha value is -2.06. The van der Waals surface area contributed by atoms with Crippen molar-refractivity contribution in [3.8, 4) is 11.8 Å². The number of methoxy groups -OCH3 is 2. The zero-order valence-corrected chi connectivity index (χ0v) is 9.11. The predicted octanol–water partition coefficient (Wildman–Crippen LogP) is 0.812. The predicted molar refractivity (Wildman–Crippen MR) is 56.9 cm³/mol. The van der Waals surface area contributed by atoms with Crippen molar-refractivity contribution in [3.63, 3.8) is 0 Å². The summed E-state index contributed by atoms with van der Waals surface area (Å²) < 4.78 is 9.62. The smallest absolute Gasteiger partial charge is 0.338 e. The lowest BCUT2D eigenvalue weighted by Crippen LogP contribution is -2.10. The van der Waals surface area contributed by atoms with E-state index in [0.717, 1.165) is 0 Å². The van der Waals surface area contributed by atoms with Crippen LogP contribution in [0.15, 0.2) is 12.1 Å². The van der Waals surface area contributed by atoms with Gasteiger partial charge >= 0.3 is 5.97 Å². The first-order valence-electron chi connectivity index (χ1n) is 4.57. The highest BCUT2D eigenvalue weighted by molar-refractivity contribution is 5.92. The van der Waals surface area contributed by atoms with Gasteiger partial charge in [0.15, 0.2) is 0 Å². The van der Waals surface area contributed by atoms with E-state index in [1.165, 1.54) is 20.3 Å². The molecule has 0 unspecified atom stereocenters. The van der Waals surface area contributed by atoms with Crippen molar-refractivity contribution in [3.05, 3.63) is 28.8 Å². The number of carbonyl (C=O) groups is 1. The highest BCUT2D eigenvalue weighted by Gasteiger charge is 2.15. The minimum Gasteiger partial charge on any atom is -0.495 e. The highest BCUT2D eigenvalue weighted by Crippen LogP contribution is 2.23. The molecule has 1 aromatic rings. The van der Waals surface area contributed by atoms with Crippen LogP contribution >= 0.6 is 0 Å². The van der Waals surface area contributed by atoms with Crippen LogP contribution in [0.25, 0.3) is 0 Å². The molecule has 0 amide bonds. The molecular formula is C11H12N2O3. The monoisotopic (exact) mass is 220 g/mol. The van der Waals surface area contributed by atoms with Crippen LogP contribution in [-0.4, -0.2) is 20.2 Å². The summed E-state index contributed by atoms with van der Waals surface area (Å²) in [7, 11) is 2.73. The third-order valence-corrected chi connectivity index (χ3v) is 2.17. The van der Waals surface area contributed by atoms with Gasteiger partial charge in [-0.3, -0.25) is 0 Å². The fraction of sp³-hybridized carbons (Fsp3) is 0.273. The number of rotatable bonds is 3. The van der Waals surface area contributed by atoms with Crippen molar-refractivity contribution in [2.75, 3.05) is 14.2 Å². The summed E-state index contributed by atoms with van der Waals surface area (Å²) in [5, 5.41) is 8.88. The lowest BCUT2D eigenvalue weighted by Gasteiger charge is -2.09. The Morgan fingerprint density at radius 1 is 1.50 bits per heavy atom. The molecular weight excluding hydrogens is 208 g/mol. The molecule has 0 radical (unpaired) electrons. The molecule has 16 heavy (non-hydrogen) atoms. The Bertz CT molecular complexity index is 449. The van der Waals surface area contributed by atoms with Gasteiger partial charge in [-0.1, -0.05) is 0 Å². The molecule has 0 aliphatic carbocycles. The molecule has 84 valence electrons. The molecule has 0 saturated carbocycles. The van der Waals surface area contributed by atoms with E-state index in [1.807, 2.05) is 6.07 Å². The van der Waals surface area contributed by atoms with Crippen molar-refractivity contribution in [2.45, 2.75) is 6.54 Å². The van der Waals surface area contributed by atoms with Crippen molar-refractivity contribution >= 4 is 5.97 Å². The van der Waals surface area contributed by atoms with E-state index >= 15 is 0 Å². The van der Waals surface area contributed by atoms with Crippen LogP contribution < -0.4 is 10.5 Å². The van der Waals surface area contributed by atoms with Crippen LogP contribution in [0, 0.1) is 11.3 Å². The molecule has 0 fully saturated rings. The lowest BCUT2D eigenvalue weighted by atomic mass is 10.0. The van der Waals surface area contributed by atoms with E-state index in [9.17, 15) is 4.79 Å². The Labute approximate surface area is 93.4 Å². The van der Waals surface area contributed by atoms with Crippen molar-refractivity contribution in [1.29, 1.82) is 5.26 Å². The van der Waals surface area contributed by atoms with Crippen LogP contribution in [0.1, 0.15) is 21.5 Å². The normalized spacial score (nSPS) is 9.38. The van der Waals surface area contributed by atoms with Gasteiger partial charge in [0.05, 0.1) is 25.3 Å². The quantitative estimate of drug-likeness (QED) is 0.762. The maximum absolute atomic E-state index is 11.4. The number of nitrogens with two attached hydrogens (primary N) is 1.